The lowest BCUT2D eigenvalue weighted by atomic mass is 10.1. The summed E-state index contributed by atoms with van der Waals surface area (Å²) >= 11 is 0. The first-order valence-corrected chi connectivity index (χ1v) is 11.5. The van der Waals surface area contributed by atoms with Gasteiger partial charge in [0.2, 0.25) is 0 Å². The van der Waals surface area contributed by atoms with Gasteiger partial charge < -0.3 is 10.1 Å². The first kappa shape index (κ1) is 20.7. The number of aromatic nitrogens is 1. The number of nitrogens with one attached hydrogen (secondary N) is 1. The van der Waals surface area contributed by atoms with Gasteiger partial charge in [-0.05, 0) is 73.2 Å². The second kappa shape index (κ2) is 9.53. The highest BCUT2D eigenvalue weighted by atomic mass is 16.5. The molecule has 0 radical (unpaired) electrons. The first-order chi connectivity index (χ1) is 15.7. The number of pyridine rings is 1. The van der Waals surface area contributed by atoms with E-state index in [1.165, 1.54) is 11.1 Å². The van der Waals surface area contributed by atoms with Crippen LogP contribution < -0.4 is 10.1 Å². The lowest BCUT2D eigenvalue weighted by Gasteiger charge is -2.31. The van der Waals surface area contributed by atoms with Crippen LogP contribution in [-0.2, 0) is 13.0 Å². The molecule has 5 nitrogen and oxygen atoms in total. The first-order valence-electron chi connectivity index (χ1n) is 11.5. The van der Waals surface area contributed by atoms with Crippen LogP contribution >= 0.6 is 0 Å². The quantitative estimate of drug-likeness (QED) is 0.627. The number of piperidine rings is 1. The predicted octanol–water partition coefficient (Wildman–Crippen LogP) is 4.54. The Labute approximate surface area is 189 Å². The third-order valence-electron chi connectivity index (χ3n) is 6.50. The molecule has 1 saturated heterocycles. The van der Waals surface area contributed by atoms with Crippen LogP contribution in [0.4, 0.5) is 0 Å². The predicted molar refractivity (Wildman–Crippen MR) is 125 cm³/mol. The molecule has 164 valence electrons. The molecular formula is C27H29N3O2. The van der Waals surface area contributed by atoms with Gasteiger partial charge in [0.05, 0.1) is 11.7 Å². The molecule has 1 aromatic heterocycles. The normalized spacial score (nSPS) is 18.8. The molecule has 32 heavy (non-hydrogen) atoms. The number of amides is 1. The summed E-state index contributed by atoms with van der Waals surface area (Å²) in [6.45, 7) is 2.90. The Hall–Kier alpha value is -3.18. The van der Waals surface area contributed by atoms with Crippen LogP contribution in [0.5, 0.6) is 5.75 Å². The number of benzene rings is 2. The van der Waals surface area contributed by atoms with Crippen LogP contribution in [0.1, 0.15) is 52.5 Å². The molecule has 1 amide bonds. The zero-order valence-corrected chi connectivity index (χ0v) is 18.2. The third kappa shape index (κ3) is 4.83. The number of ether oxygens (including phenoxy) is 1. The summed E-state index contributed by atoms with van der Waals surface area (Å²) in [4.78, 5) is 19.6. The Morgan fingerprint density at radius 2 is 1.75 bits per heavy atom. The topological polar surface area (TPSA) is 54.5 Å². The van der Waals surface area contributed by atoms with E-state index in [1.54, 1.807) is 0 Å². The smallest absolute Gasteiger partial charge is 0.251 e. The average Bonchev–Trinajstić information content (AvgIpc) is 3.24. The van der Waals surface area contributed by atoms with Crippen molar-refractivity contribution >= 4 is 5.91 Å². The molecule has 1 aliphatic heterocycles. The van der Waals surface area contributed by atoms with Gasteiger partial charge in [-0.3, -0.25) is 14.7 Å². The van der Waals surface area contributed by atoms with Crippen molar-refractivity contribution in [2.45, 2.75) is 44.4 Å². The van der Waals surface area contributed by atoms with Crippen molar-refractivity contribution in [1.29, 1.82) is 0 Å². The molecule has 1 unspecified atom stereocenters. The Bertz CT molecular complexity index is 1040. The van der Waals surface area contributed by atoms with Crippen molar-refractivity contribution < 1.29 is 9.53 Å². The number of carbonyl (C=O) groups excluding carboxylic acids is 1. The SMILES string of the molecule is O=C(NC1CCc2ccccc21)c1ccc(OC2CCN(Cc3ccccn3)CC2)cc1. The van der Waals surface area contributed by atoms with Crippen molar-refractivity contribution in [3.8, 4) is 5.75 Å². The fourth-order valence-electron chi connectivity index (χ4n) is 4.73. The molecule has 5 heteroatoms. The summed E-state index contributed by atoms with van der Waals surface area (Å²) in [5, 5.41) is 3.19. The maximum absolute atomic E-state index is 12.7. The van der Waals surface area contributed by atoms with Crippen LogP contribution in [0.3, 0.4) is 0 Å². The van der Waals surface area contributed by atoms with Gasteiger partial charge in [-0.25, -0.2) is 0 Å². The van der Waals surface area contributed by atoms with E-state index in [0.29, 0.717) is 5.56 Å². The van der Waals surface area contributed by atoms with Crippen molar-refractivity contribution in [1.82, 2.24) is 15.2 Å². The van der Waals surface area contributed by atoms with Crippen molar-refractivity contribution in [3.63, 3.8) is 0 Å². The Morgan fingerprint density at radius 3 is 2.53 bits per heavy atom. The molecule has 5 rings (SSSR count). The minimum atomic E-state index is -0.0268. The van der Waals surface area contributed by atoms with Gasteiger partial charge in [0, 0.05) is 31.4 Å². The number of hydrogen-bond acceptors (Lipinski definition) is 4. The summed E-state index contributed by atoms with van der Waals surface area (Å²) in [6.07, 6.45) is 6.04. The van der Waals surface area contributed by atoms with E-state index in [9.17, 15) is 4.79 Å². The molecule has 2 aliphatic rings. The monoisotopic (exact) mass is 427 g/mol. The molecule has 1 atom stereocenters. The van der Waals surface area contributed by atoms with Gasteiger partial charge in [-0.1, -0.05) is 30.3 Å². The van der Waals surface area contributed by atoms with E-state index in [-0.39, 0.29) is 18.1 Å². The molecule has 1 fully saturated rings. The summed E-state index contributed by atoms with van der Waals surface area (Å²) in [5.41, 5.74) is 4.37. The Balaban J connectivity index is 1.11. The van der Waals surface area contributed by atoms with E-state index < -0.39 is 0 Å². The maximum Gasteiger partial charge on any atom is 0.251 e. The number of carbonyl (C=O) groups is 1. The van der Waals surface area contributed by atoms with Gasteiger partial charge in [0.25, 0.3) is 5.91 Å². The fraction of sp³-hybridized carbons (Fsp3) is 0.333. The third-order valence-corrected chi connectivity index (χ3v) is 6.50. The maximum atomic E-state index is 12.7. The lowest BCUT2D eigenvalue weighted by molar-refractivity contribution is 0.0934. The van der Waals surface area contributed by atoms with E-state index in [0.717, 1.165) is 56.8 Å². The van der Waals surface area contributed by atoms with Crippen molar-refractivity contribution in [2.24, 2.45) is 0 Å². The highest BCUT2D eigenvalue weighted by Gasteiger charge is 2.24. The molecule has 2 aromatic carbocycles. The number of fused-ring (bicyclic) bond motifs is 1. The molecule has 0 spiro atoms. The highest BCUT2D eigenvalue weighted by Crippen LogP contribution is 2.31. The van der Waals surface area contributed by atoms with Crippen LogP contribution in [-0.4, -0.2) is 35.0 Å². The van der Waals surface area contributed by atoms with Gasteiger partial charge in [0.15, 0.2) is 0 Å². The largest absolute Gasteiger partial charge is 0.490 e. The fourth-order valence-corrected chi connectivity index (χ4v) is 4.73. The zero-order valence-electron chi connectivity index (χ0n) is 18.2. The molecule has 2 heterocycles. The summed E-state index contributed by atoms with van der Waals surface area (Å²) in [7, 11) is 0. The molecule has 0 bridgehead atoms. The minimum Gasteiger partial charge on any atom is -0.490 e. The lowest BCUT2D eigenvalue weighted by Crippen LogP contribution is -2.37. The van der Waals surface area contributed by atoms with Gasteiger partial charge >= 0.3 is 0 Å². The van der Waals surface area contributed by atoms with Crippen LogP contribution in [0, 0.1) is 0 Å². The van der Waals surface area contributed by atoms with Gasteiger partial charge in [-0.2, -0.15) is 0 Å². The van der Waals surface area contributed by atoms with Crippen LogP contribution in [0.2, 0.25) is 0 Å². The van der Waals surface area contributed by atoms with Crippen molar-refractivity contribution in [3.05, 3.63) is 95.3 Å². The number of nitrogens with zero attached hydrogens (tertiary/aromatic N) is 2. The van der Waals surface area contributed by atoms with Gasteiger partial charge in [0.1, 0.15) is 11.9 Å². The van der Waals surface area contributed by atoms with E-state index >= 15 is 0 Å². The number of likely N-dealkylation sites (tertiary alicyclic amines) is 1. The van der Waals surface area contributed by atoms with Crippen molar-refractivity contribution in [2.75, 3.05) is 13.1 Å². The van der Waals surface area contributed by atoms with E-state index in [4.69, 9.17) is 4.74 Å². The summed E-state index contributed by atoms with van der Waals surface area (Å²) < 4.78 is 6.19. The number of rotatable bonds is 6. The Morgan fingerprint density at radius 1 is 0.969 bits per heavy atom. The zero-order chi connectivity index (χ0) is 21.8. The highest BCUT2D eigenvalue weighted by molar-refractivity contribution is 5.94. The van der Waals surface area contributed by atoms with Gasteiger partial charge in [-0.15, -0.1) is 0 Å². The number of hydrogen-bond donors (Lipinski definition) is 1. The second-order valence-electron chi connectivity index (χ2n) is 8.70. The average molecular weight is 428 g/mol. The minimum absolute atomic E-state index is 0.0268. The summed E-state index contributed by atoms with van der Waals surface area (Å²) in [5.74, 6) is 0.803. The molecule has 1 N–H and O–H groups in total. The molecule has 1 aliphatic carbocycles. The summed E-state index contributed by atoms with van der Waals surface area (Å²) in [6, 6.07) is 22.1. The molecular weight excluding hydrogens is 398 g/mol. The van der Waals surface area contributed by atoms with E-state index in [2.05, 4.69) is 39.5 Å². The number of aryl methyl sites for hydroxylation is 1. The molecule has 3 aromatic rings. The standard InChI is InChI=1S/C27H29N3O2/c31-27(29-26-13-10-20-5-1-2-7-25(20)26)21-8-11-23(12-9-21)32-24-14-17-30(18-15-24)19-22-6-3-4-16-28-22/h1-9,11-12,16,24,26H,10,13-15,17-19H2,(H,29,31). The Kier molecular flexibility index (Phi) is 6.17. The van der Waals surface area contributed by atoms with Crippen LogP contribution in [0.25, 0.3) is 0 Å². The second-order valence-corrected chi connectivity index (χ2v) is 8.70. The van der Waals surface area contributed by atoms with E-state index in [1.807, 2.05) is 48.7 Å². The molecule has 0 saturated carbocycles. The van der Waals surface area contributed by atoms with Crippen LogP contribution in [0.15, 0.2) is 72.9 Å².